The number of rotatable bonds is 5. The fraction of sp³-hybridized carbons (Fsp3) is 0.647. The summed E-state index contributed by atoms with van der Waals surface area (Å²) >= 11 is 0. The van der Waals surface area contributed by atoms with Crippen LogP contribution in [0.25, 0.3) is 0 Å². The quantitative estimate of drug-likeness (QED) is 0.848. The Morgan fingerprint density at radius 2 is 2.25 bits per heavy atom. The van der Waals surface area contributed by atoms with E-state index in [9.17, 15) is 4.79 Å². The minimum atomic E-state index is -0.171. The Balaban J connectivity index is 1.53. The smallest absolute Gasteiger partial charge is 0.315 e. The Morgan fingerprint density at radius 1 is 1.42 bits per heavy atom. The number of aromatic nitrogens is 1. The summed E-state index contributed by atoms with van der Waals surface area (Å²) in [5, 5.41) is 5.89. The Labute approximate surface area is 142 Å². The van der Waals surface area contributed by atoms with E-state index >= 15 is 0 Å². The summed E-state index contributed by atoms with van der Waals surface area (Å²) in [6.45, 7) is 6.30. The normalized spacial score (nSPS) is 22.2. The van der Waals surface area contributed by atoms with Crippen LogP contribution in [0.1, 0.15) is 25.3 Å². The molecule has 2 fully saturated rings. The highest BCUT2D eigenvalue weighted by molar-refractivity contribution is 5.74. The van der Waals surface area contributed by atoms with E-state index in [0.717, 1.165) is 43.9 Å². The van der Waals surface area contributed by atoms with Crippen LogP contribution in [0.15, 0.2) is 18.3 Å². The molecule has 7 nitrogen and oxygen atoms in total. The minimum Gasteiger partial charge on any atom is -0.378 e. The number of anilines is 1. The van der Waals surface area contributed by atoms with Crippen molar-refractivity contribution in [3.8, 4) is 0 Å². The van der Waals surface area contributed by atoms with Crippen molar-refractivity contribution in [3.05, 3.63) is 23.9 Å². The average Bonchev–Trinajstić information content (AvgIpc) is 3.16. The van der Waals surface area contributed by atoms with Gasteiger partial charge in [-0.1, -0.05) is 6.07 Å². The summed E-state index contributed by atoms with van der Waals surface area (Å²) in [6, 6.07) is 3.74. The van der Waals surface area contributed by atoms with Gasteiger partial charge in [-0.2, -0.15) is 0 Å². The maximum atomic E-state index is 12.1. The third kappa shape index (κ3) is 4.36. The van der Waals surface area contributed by atoms with Crippen LogP contribution in [0.4, 0.5) is 10.6 Å². The second kappa shape index (κ2) is 8.30. The summed E-state index contributed by atoms with van der Waals surface area (Å²) in [7, 11) is 0. The second-order valence-corrected chi connectivity index (χ2v) is 6.25. The highest BCUT2D eigenvalue weighted by Gasteiger charge is 2.23. The maximum Gasteiger partial charge on any atom is 0.315 e. The largest absolute Gasteiger partial charge is 0.378 e. The lowest BCUT2D eigenvalue weighted by Gasteiger charge is -2.29. The van der Waals surface area contributed by atoms with Crippen LogP contribution in [0.2, 0.25) is 0 Å². The van der Waals surface area contributed by atoms with E-state index in [1.807, 2.05) is 19.1 Å². The number of ether oxygens (including phenoxy) is 2. The van der Waals surface area contributed by atoms with E-state index in [2.05, 4.69) is 20.5 Å². The summed E-state index contributed by atoms with van der Waals surface area (Å²) in [5.74, 6) is 0.924. The van der Waals surface area contributed by atoms with E-state index in [4.69, 9.17) is 9.47 Å². The molecule has 3 heterocycles. The first kappa shape index (κ1) is 17.0. The van der Waals surface area contributed by atoms with Crippen LogP contribution < -0.4 is 15.5 Å². The first-order valence-corrected chi connectivity index (χ1v) is 8.66. The zero-order valence-corrected chi connectivity index (χ0v) is 14.2. The molecular weight excluding hydrogens is 308 g/mol. The molecule has 2 saturated heterocycles. The molecule has 2 N–H and O–H groups in total. The van der Waals surface area contributed by atoms with Gasteiger partial charge in [0.05, 0.1) is 25.4 Å². The third-order valence-electron chi connectivity index (χ3n) is 4.50. The van der Waals surface area contributed by atoms with Gasteiger partial charge < -0.3 is 25.0 Å². The highest BCUT2D eigenvalue weighted by atomic mass is 16.5. The van der Waals surface area contributed by atoms with Crippen molar-refractivity contribution in [1.29, 1.82) is 0 Å². The van der Waals surface area contributed by atoms with Gasteiger partial charge in [0.1, 0.15) is 5.82 Å². The molecule has 0 radical (unpaired) electrons. The monoisotopic (exact) mass is 334 g/mol. The number of amides is 2. The number of carbonyl (C=O) groups excluding carboxylic acids is 1. The lowest BCUT2D eigenvalue weighted by Crippen LogP contribution is -2.46. The summed E-state index contributed by atoms with van der Waals surface area (Å²) in [4.78, 5) is 18.8. The summed E-state index contributed by atoms with van der Waals surface area (Å²) in [5.41, 5.74) is 1.01. The minimum absolute atomic E-state index is 0.0140. The molecule has 0 bridgehead atoms. The van der Waals surface area contributed by atoms with Crippen LogP contribution >= 0.6 is 0 Å². The molecular formula is C17H26N4O3. The number of nitrogens with zero attached hydrogens (tertiary/aromatic N) is 2. The van der Waals surface area contributed by atoms with Gasteiger partial charge >= 0.3 is 6.03 Å². The molecule has 0 unspecified atom stereocenters. The third-order valence-corrected chi connectivity index (χ3v) is 4.50. The molecule has 3 rings (SSSR count). The fourth-order valence-corrected chi connectivity index (χ4v) is 3.15. The van der Waals surface area contributed by atoms with Crippen LogP contribution in [0, 0.1) is 0 Å². The predicted octanol–water partition coefficient (Wildman–Crippen LogP) is 1.28. The van der Waals surface area contributed by atoms with Crippen molar-refractivity contribution in [3.63, 3.8) is 0 Å². The van der Waals surface area contributed by atoms with Crippen molar-refractivity contribution < 1.29 is 14.3 Å². The van der Waals surface area contributed by atoms with Crippen molar-refractivity contribution >= 4 is 11.8 Å². The van der Waals surface area contributed by atoms with Gasteiger partial charge in [0.25, 0.3) is 0 Å². The lowest BCUT2D eigenvalue weighted by atomic mass is 10.1. The van der Waals surface area contributed by atoms with E-state index in [0.29, 0.717) is 19.8 Å². The number of urea groups is 1. The molecule has 2 aliphatic heterocycles. The van der Waals surface area contributed by atoms with Gasteiger partial charge in [-0.15, -0.1) is 0 Å². The molecule has 24 heavy (non-hydrogen) atoms. The van der Waals surface area contributed by atoms with Gasteiger partial charge in [-0.3, -0.25) is 0 Å². The highest BCUT2D eigenvalue weighted by Crippen LogP contribution is 2.18. The topological polar surface area (TPSA) is 75.7 Å². The Bertz CT molecular complexity index is 542. The number of hydrogen-bond donors (Lipinski definition) is 2. The SMILES string of the molecule is C[C@@H](NC(=O)NCc1cccnc1N1CCOCC1)[C@@H]1CCCO1. The van der Waals surface area contributed by atoms with E-state index in [-0.39, 0.29) is 18.2 Å². The standard InChI is InChI=1S/C17H26N4O3/c1-13(15-5-3-9-24-15)20-17(22)19-12-14-4-2-6-18-16(14)21-7-10-23-11-8-21/h2,4,6,13,15H,3,5,7-12H2,1H3,(H2,19,20,22)/t13-,15+/m1/s1. The predicted molar refractivity (Wildman–Crippen MR) is 91.1 cm³/mol. The molecule has 0 aromatic carbocycles. The van der Waals surface area contributed by atoms with Crippen molar-refractivity contribution in [2.24, 2.45) is 0 Å². The molecule has 7 heteroatoms. The maximum absolute atomic E-state index is 12.1. The van der Waals surface area contributed by atoms with Crippen LogP contribution in [-0.4, -0.2) is 56.1 Å². The molecule has 0 spiro atoms. The number of hydrogen-bond acceptors (Lipinski definition) is 5. The summed E-state index contributed by atoms with van der Waals surface area (Å²) < 4.78 is 11.0. The van der Waals surface area contributed by atoms with E-state index in [1.165, 1.54) is 0 Å². The lowest BCUT2D eigenvalue weighted by molar-refractivity contribution is 0.0860. The molecule has 2 aliphatic rings. The van der Waals surface area contributed by atoms with Gasteiger partial charge in [0.15, 0.2) is 0 Å². The molecule has 2 atom stereocenters. The Hall–Kier alpha value is -1.86. The van der Waals surface area contributed by atoms with Crippen molar-refractivity contribution in [1.82, 2.24) is 15.6 Å². The first-order chi connectivity index (χ1) is 11.7. The number of carbonyl (C=O) groups is 1. The number of pyridine rings is 1. The molecule has 1 aromatic rings. The molecule has 132 valence electrons. The van der Waals surface area contributed by atoms with Crippen LogP contribution in [0.3, 0.4) is 0 Å². The molecule has 2 amide bonds. The zero-order chi connectivity index (χ0) is 16.8. The fourth-order valence-electron chi connectivity index (χ4n) is 3.15. The average molecular weight is 334 g/mol. The van der Waals surface area contributed by atoms with Crippen LogP contribution in [-0.2, 0) is 16.0 Å². The van der Waals surface area contributed by atoms with Gasteiger partial charge in [0.2, 0.25) is 0 Å². The van der Waals surface area contributed by atoms with Crippen molar-refractivity contribution in [2.75, 3.05) is 37.8 Å². The van der Waals surface area contributed by atoms with E-state index in [1.54, 1.807) is 6.20 Å². The Morgan fingerprint density at radius 3 is 3.00 bits per heavy atom. The summed E-state index contributed by atoms with van der Waals surface area (Å²) in [6.07, 6.45) is 3.98. The molecule has 1 aromatic heterocycles. The van der Waals surface area contributed by atoms with E-state index < -0.39 is 0 Å². The molecule has 0 saturated carbocycles. The van der Waals surface area contributed by atoms with Gasteiger partial charge in [0, 0.05) is 38.0 Å². The zero-order valence-electron chi connectivity index (χ0n) is 14.2. The van der Waals surface area contributed by atoms with Gasteiger partial charge in [-0.05, 0) is 25.8 Å². The van der Waals surface area contributed by atoms with Crippen molar-refractivity contribution in [2.45, 2.75) is 38.5 Å². The molecule has 0 aliphatic carbocycles. The number of morpholine rings is 1. The second-order valence-electron chi connectivity index (χ2n) is 6.25. The first-order valence-electron chi connectivity index (χ1n) is 8.66. The Kier molecular flexibility index (Phi) is 5.87. The van der Waals surface area contributed by atoms with Gasteiger partial charge in [-0.25, -0.2) is 9.78 Å². The number of nitrogens with one attached hydrogen (secondary N) is 2. The van der Waals surface area contributed by atoms with Crippen LogP contribution in [0.5, 0.6) is 0 Å².